The summed E-state index contributed by atoms with van der Waals surface area (Å²) in [6.07, 6.45) is 1.34. The SMILES string of the molecule is COC1C[C@H](c2cccc(OCCN(C)C)c2)NC[C@H]1C. The van der Waals surface area contributed by atoms with E-state index in [4.69, 9.17) is 9.47 Å². The van der Waals surface area contributed by atoms with E-state index in [1.165, 1.54) is 5.56 Å². The summed E-state index contributed by atoms with van der Waals surface area (Å²) in [4.78, 5) is 2.12. The van der Waals surface area contributed by atoms with Crippen molar-refractivity contribution in [1.82, 2.24) is 10.2 Å². The van der Waals surface area contributed by atoms with E-state index in [2.05, 4.69) is 49.4 Å². The van der Waals surface area contributed by atoms with Crippen LogP contribution in [0.4, 0.5) is 0 Å². The van der Waals surface area contributed by atoms with Gasteiger partial charge in [0.15, 0.2) is 0 Å². The first-order chi connectivity index (χ1) is 10.1. The lowest BCUT2D eigenvalue weighted by Crippen LogP contribution is -2.41. The molecule has 0 radical (unpaired) electrons. The number of nitrogens with zero attached hydrogens (tertiary/aromatic N) is 1. The van der Waals surface area contributed by atoms with Gasteiger partial charge in [-0.05, 0) is 44.1 Å². The standard InChI is InChI=1S/C17H28N2O2/c1-13-12-18-16(11-17(13)20-4)14-6-5-7-15(10-14)21-9-8-19(2)3/h5-7,10,13,16-18H,8-9,11-12H2,1-4H3/t13-,16-,17?/m1/s1. The Labute approximate surface area is 128 Å². The fraction of sp³-hybridized carbons (Fsp3) is 0.647. The highest BCUT2D eigenvalue weighted by molar-refractivity contribution is 5.31. The van der Waals surface area contributed by atoms with Crippen LogP contribution in [0.25, 0.3) is 0 Å². The van der Waals surface area contributed by atoms with Crippen molar-refractivity contribution in [3.8, 4) is 5.75 Å². The molecule has 1 unspecified atom stereocenters. The molecule has 0 bridgehead atoms. The number of rotatable bonds is 6. The van der Waals surface area contributed by atoms with E-state index in [9.17, 15) is 0 Å². The van der Waals surface area contributed by atoms with Crippen molar-refractivity contribution < 1.29 is 9.47 Å². The van der Waals surface area contributed by atoms with E-state index in [0.29, 0.717) is 24.7 Å². The van der Waals surface area contributed by atoms with Gasteiger partial charge >= 0.3 is 0 Å². The molecule has 1 aromatic carbocycles. The number of hydrogen-bond donors (Lipinski definition) is 1. The maximum atomic E-state index is 5.82. The van der Waals surface area contributed by atoms with Gasteiger partial charge in [-0.3, -0.25) is 0 Å². The Balaban J connectivity index is 1.97. The monoisotopic (exact) mass is 292 g/mol. The lowest BCUT2D eigenvalue weighted by atomic mass is 9.89. The summed E-state index contributed by atoms with van der Waals surface area (Å²) in [6, 6.07) is 8.76. The Bertz CT molecular complexity index is 437. The maximum Gasteiger partial charge on any atom is 0.119 e. The van der Waals surface area contributed by atoms with Gasteiger partial charge in [0, 0.05) is 26.2 Å². The van der Waals surface area contributed by atoms with Crippen LogP contribution in [0.3, 0.4) is 0 Å². The molecule has 1 aliphatic rings. The largest absolute Gasteiger partial charge is 0.492 e. The predicted octanol–water partition coefficient (Wildman–Crippen LogP) is 2.31. The van der Waals surface area contributed by atoms with Crippen molar-refractivity contribution in [3.05, 3.63) is 29.8 Å². The zero-order valence-corrected chi connectivity index (χ0v) is 13.6. The van der Waals surface area contributed by atoms with Crippen molar-refractivity contribution in [2.75, 3.05) is 40.9 Å². The second kappa shape index (κ2) is 7.78. The van der Waals surface area contributed by atoms with E-state index < -0.39 is 0 Å². The number of piperidine rings is 1. The smallest absolute Gasteiger partial charge is 0.119 e. The minimum Gasteiger partial charge on any atom is -0.492 e. The van der Waals surface area contributed by atoms with Gasteiger partial charge in [0.05, 0.1) is 6.10 Å². The molecule has 0 saturated carbocycles. The minimum atomic E-state index is 0.328. The van der Waals surface area contributed by atoms with Gasteiger partial charge in [-0.25, -0.2) is 0 Å². The Hall–Kier alpha value is -1.10. The topological polar surface area (TPSA) is 33.7 Å². The molecule has 4 heteroatoms. The van der Waals surface area contributed by atoms with E-state index in [0.717, 1.165) is 25.3 Å². The number of methoxy groups -OCH3 is 1. The van der Waals surface area contributed by atoms with E-state index in [1.807, 2.05) is 13.2 Å². The molecule has 4 nitrogen and oxygen atoms in total. The number of nitrogens with one attached hydrogen (secondary N) is 1. The third-order valence-corrected chi connectivity index (χ3v) is 4.16. The second-order valence-electron chi connectivity index (χ2n) is 6.17. The van der Waals surface area contributed by atoms with Crippen molar-refractivity contribution >= 4 is 0 Å². The number of likely N-dealkylation sites (N-methyl/N-ethyl adjacent to an activating group) is 1. The molecule has 1 saturated heterocycles. The van der Waals surface area contributed by atoms with Crippen LogP contribution in [0.15, 0.2) is 24.3 Å². The summed E-state index contributed by atoms with van der Waals surface area (Å²) >= 11 is 0. The average molecular weight is 292 g/mol. The van der Waals surface area contributed by atoms with Crippen LogP contribution in [-0.2, 0) is 4.74 Å². The van der Waals surface area contributed by atoms with Crippen LogP contribution in [0.5, 0.6) is 5.75 Å². The van der Waals surface area contributed by atoms with Gasteiger partial charge in [0.2, 0.25) is 0 Å². The second-order valence-corrected chi connectivity index (χ2v) is 6.17. The van der Waals surface area contributed by atoms with Gasteiger partial charge < -0.3 is 19.7 Å². The van der Waals surface area contributed by atoms with Crippen LogP contribution in [0.2, 0.25) is 0 Å². The van der Waals surface area contributed by atoms with Crippen LogP contribution in [0.1, 0.15) is 24.9 Å². The highest BCUT2D eigenvalue weighted by Crippen LogP contribution is 2.29. The molecule has 1 aromatic rings. The molecular formula is C17H28N2O2. The van der Waals surface area contributed by atoms with E-state index in [1.54, 1.807) is 0 Å². The maximum absolute atomic E-state index is 5.82. The van der Waals surface area contributed by atoms with Gasteiger partial charge in [-0.2, -0.15) is 0 Å². The van der Waals surface area contributed by atoms with Crippen LogP contribution in [0, 0.1) is 5.92 Å². The van der Waals surface area contributed by atoms with Gasteiger partial charge in [-0.15, -0.1) is 0 Å². The summed E-state index contributed by atoms with van der Waals surface area (Å²) in [5, 5.41) is 3.61. The van der Waals surface area contributed by atoms with Crippen molar-refractivity contribution in [3.63, 3.8) is 0 Å². The van der Waals surface area contributed by atoms with E-state index >= 15 is 0 Å². The van der Waals surface area contributed by atoms with E-state index in [-0.39, 0.29) is 0 Å². The fourth-order valence-corrected chi connectivity index (χ4v) is 2.76. The first-order valence-corrected chi connectivity index (χ1v) is 7.74. The molecule has 0 amide bonds. The fourth-order valence-electron chi connectivity index (χ4n) is 2.76. The molecule has 1 heterocycles. The molecule has 2 rings (SSSR count). The van der Waals surface area contributed by atoms with Crippen LogP contribution >= 0.6 is 0 Å². The lowest BCUT2D eigenvalue weighted by Gasteiger charge is -2.34. The normalized spacial score (nSPS) is 26.0. The highest BCUT2D eigenvalue weighted by Gasteiger charge is 2.28. The third-order valence-electron chi connectivity index (χ3n) is 4.16. The van der Waals surface area contributed by atoms with Gasteiger partial charge in [0.25, 0.3) is 0 Å². The molecular weight excluding hydrogens is 264 g/mol. The van der Waals surface area contributed by atoms with Gasteiger partial charge in [0.1, 0.15) is 12.4 Å². The minimum absolute atomic E-state index is 0.328. The summed E-state index contributed by atoms with van der Waals surface area (Å²) in [5.74, 6) is 1.51. The zero-order valence-electron chi connectivity index (χ0n) is 13.6. The number of benzene rings is 1. The lowest BCUT2D eigenvalue weighted by molar-refractivity contribution is 0.0236. The molecule has 118 valence electrons. The first-order valence-electron chi connectivity index (χ1n) is 7.74. The molecule has 21 heavy (non-hydrogen) atoms. The molecule has 1 aliphatic heterocycles. The van der Waals surface area contributed by atoms with Crippen LogP contribution in [-0.4, -0.2) is 51.9 Å². The Kier molecular flexibility index (Phi) is 6.03. The molecule has 0 aliphatic carbocycles. The highest BCUT2D eigenvalue weighted by atomic mass is 16.5. The molecule has 0 spiro atoms. The van der Waals surface area contributed by atoms with Gasteiger partial charge in [-0.1, -0.05) is 19.1 Å². The summed E-state index contributed by atoms with van der Waals surface area (Å²) in [7, 11) is 5.92. The molecule has 0 aromatic heterocycles. The third kappa shape index (κ3) is 4.70. The molecule has 1 fully saturated rings. The predicted molar refractivity (Wildman–Crippen MR) is 85.8 cm³/mol. The Morgan fingerprint density at radius 1 is 1.33 bits per heavy atom. The van der Waals surface area contributed by atoms with Crippen molar-refractivity contribution in [2.24, 2.45) is 5.92 Å². The first kappa shape index (κ1) is 16.3. The van der Waals surface area contributed by atoms with Crippen LogP contribution < -0.4 is 10.1 Å². The molecule has 3 atom stereocenters. The number of hydrogen-bond acceptors (Lipinski definition) is 4. The van der Waals surface area contributed by atoms with Crippen molar-refractivity contribution in [2.45, 2.75) is 25.5 Å². The summed E-state index contributed by atoms with van der Waals surface area (Å²) in [6.45, 7) is 4.87. The van der Waals surface area contributed by atoms with Crippen molar-refractivity contribution in [1.29, 1.82) is 0 Å². The Morgan fingerprint density at radius 3 is 2.86 bits per heavy atom. The molecule has 1 N–H and O–H groups in total. The average Bonchev–Trinajstić information content (AvgIpc) is 2.47. The quantitative estimate of drug-likeness (QED) is 0.872. The summed E-state index contributed by atoms with van der Waals surface area (Å²) in [5.41, 5.74) is 1.28. The summed E-state index contributed by atoms with van der Waals surface area (Å²) < 4.78 is 11.4. The number of ether oxygens (including phenoxy) is 2. The zero-order chi connectivity index (χ0) is 15.2. The Morgan fingerprint density at radius 2 is 2.14 bits per heavy atom.